The van der Waals surface area contributed by atoms with Crippen LogP contribution in [0.2, 0.25) is 0 Å². The molecule has 0 saturated carbocycles. The molecule has 3 aromatic heterocycles. The van der Waals surface area contributed by atoms with Crippen molar-refractivity contribution in [2.75, 3.05) is 13.1 Å². The quantitative estimate of drug-likeness (QED) is 0.742. The SMILES string of the molecule is Cc1cnc2cc(C3CCN(C(=O)c4csc(C(C)C)c4)CC3)[nH]c2n1. The van der Waals surface area contributed by atoms with Gasteiger partial charge in [0.15, 0.2) is 5.65 Å². The Bertz CT molecular complexity index is 934. The molecule has 4 rings (SSSR count). The van der Waals surface area contributed by atoms with Crippen molar-refractivity contribution in [3.63, 3.8) is 0 Å². The van der Waals surface area contributed by atoms with Crippen molar-refractivity contribution in [1.29, 1.82) is 0 Å². The van der Waals surface area contributed by atoms with Crippen LogP contribution in [-0.4, -0.2) is 38.8 Å². The molecule has 0 radical (unpaired) electrons. The second kappa shape index (κ2) is 6.83. The minimum absolute atomic E-state index is 0.169. The number of hydrogen-bond acceptors (Lipinski definition) is 4. The normalized spacial score (nSPS) is 15.9. The first-order chi connectivity index (χ1) is 12.5. The number of carbonyl (C=O) groups excluding carboxylic acids is 1. The number of H-pyrrole nitrogens is 1. The third-order valence-electron chi connectivity index (χ3n) is 5.13. The van der Waals surface area contributed by atoms with Gasteiger partial charge in [0.2, 0.25) is 0 Å². The summed E-state index contributed by atoms with van der Waals surface area (Å²) < 4.78 is 0. The number of carbonyl (C=O) groups is 1. The highest BCUT2D eigenvalue weighted by molar-refractivity contribution is 7.10. The van der Waals surface area contributed by atoms with Crippen molar-refractivity contribution in [1.82, 2.24) is 19.9 Å². The molecule has 4 heterocycles. The smallest absolute Gasteiger partial charge is 0.254 e. The molecule has 0 bridgehead atoms. The first kappa shape index (κ1) is 17.2. The minimum Gasteiger partial charge on any atom is -0.342 e. The van der Waals surface area contributed by atoms with Gasteiger partial charge in [-0.25, -0.2) is 4.98 Å². The van der Waals surface area contributed by atoms with Crippen molar-refractivity contribution in [2.24, 2.45) is 0 Å². The van der Waals surface area contributed by atoms with Gasteiger partial charge in [-0.15, -0.1) is 11.3 Å². The predicted molar refractivity (Wildman–Crippen MR) is 105 cm³/mol. The molecule has 0 atom stereocenters. The van der Waals surface area contributed by atoms with Gasteiger partial charge >= 0.3 is 0 Å². The van der Waals surface area contributed by atoms with Crippen LogP contribution >= 0.6 is 11.3 Å². The molecule has 1 aliphatic heterocycles. The van der Waals surface area contributed by atoms with Gasteiger partial charge in [-0.1, -0.05) is 13.8 Å². The number of piperidine rings is 1. The van der Waals surface area contributed by atoms with Crippen LogP contribution in [0.5, 0.6) is 0 Å². The summed E-state index contributed by atoms with van der Waals surface area (Å²) in [5, 5.41) is 2.00. The lowest BCUT2D eigenvalue weighted by Crippen LogP contribution is -2.37. The van der Waals surface area contributed by atoms with Crippen molar-refractivity contribution in [3.05, 3.63) is 45.5 Å². The van der Waals surface area contributed by atoms with E-state index in [-0.39, 0.29) is 5.91 Å². The first-order valence-corrected chi connectivity index (χ1v) is 10.1. The van der Waals surface area contributed by atoms with Crippen LogP contribution in [0.3, 0.4) is 0 Å². The molecule has 6 heteroatoms. The Hall–Kier alpha value is -2.21. The monoisotopic (exact) mass is 368 g/mol. The van der Waals surface area contributed by atoms with Crippen molar-refractivity contribution in [3.8, 4) is 0 Å². The van der Waals surface area contributed by atoms with E-state index in [0.29, 0.717) is 11.8 Å². The maximum absolute atomic E-state index is 12.8. The van der Waals surface area contributed by atoms with Crippen LogP contribution in [0.4, 0.5) is 0 Å². The average molecular weight is 369 g/mol. The van der Waals surface area contributed by atoms with Crippen LogP contribution in [0, 0.1) is 6.92 Å². The number of thiophene rings is 1. The lowest BCUT2D eigenvalue weighted by Gasteiger charge is -2.31. The Morgan fingerprint density at radius 3 is 2.77 bits per heavy atom. The number of rotatable bonds is 3. The molecule has 136 valence electrons. The van der Waals surface area contributed by atoms with Crippen LogP contribution in [0.1, 0.15) is 65.1 Å². The fourth-order valence-corrected chi connectivity index (χ4v) is 4.47. The molecule has 1 saturated heterocycles. The Morgan fingerprint density at radius 1 is 1.31 bits per heavy atom. The van der Waals surface area contributed by atoms with Crippen molar-refractivity contribution in [2.45, 2.75) is 45.4 Å². The van der Waals surface area contributed by atoms with Gasteiger partial charge in [-0.2, -0.15) is 0 Å². The molecule has 1 amide bonds. The zero-order valence-electron chi connectivity index (χ0n) is 15.5. The van der Waals surface area contributed by atoms with Crippen LogP contribution in [-0.2, 0) is 0 Å². The van der Waals surface area contributed by atoms with E-state index in [2.05, 4.69) is 40.9 Å². The zero-order valence-corrected chi connectivity index (χ0v) is 16.3. The summed E-state index contributed by atoms with van der Waals surface area (Å²) in [4.78, 5) is 28.4. The second-order valence-electron chi connectivity index (χ2n) is 7.43. The highest BCUT2D eigenvalue weighted by atomic mass is 32.1. The standard InChI is InChI=1S/C20H24N4OS/c1-12(2)18-8-15(11-26-18)20(25)24-6-4-14(5-7-24)16-9-17-19(23-16)22-13(3)10-21-17/h8-12,14H,4-7H2,1-3H3,(H,22,23). The predicted octanol–water partition coefficient (Wildman–Crippen LogP) is 4.47. The van der Waals surface area contributed by atoms with Crippen LogP contribution in [0.25, 0.3) is 11.2 Å². The number of amides is 1. The van der Waals surface area contributed by atoms with E-state index in [4.69, 9.17) is 0 Å². The van der Waals surface area contributed by atoms with E-state index in [9.17, 15) is 4.79 Å². The summed E-state index contributed by atoms with van der Waals surface area (Å²) in [6, 6.07) is 4.17. The van der Waals surface area contributed by atoms with Gasteiger partial charge in [0.25, 0.3) is 5.91 Å². The Labute approximate surface area is 157 Å². The highest BCUT2D eigenvalue weighted by Gasteiger charge is 2.26. The maximum Gasteiger partial charge on any atom is 0.254 e. The first-order valence-electron chi connectivity index (χ1n) is 9.21. The number of nitrogens with zero attached hydrogens (tertiary/aromatic N) is 3. The summed E-state index contributed by atoms with van der Waals surface area (Å²) >= 11 is 1.68. The van der Waals surface area contributed by atoms with E-state index in [1.165, 1.54) is 10.6 Å². The molecule has 3 aromatic rings. The molecule has 1 N–H and O–H groups in total. The average Bonchev–Trinajstić information content (AvgIpc) is 3.28. The Kier molecular flexibility index (Phi) is 4.53. The molecule has 0 spiro atoms. The number of aromatic nitrogens is 3. The summed E-state index contributed by atoms with van der Waals surface area (Å²) in [5.74, 6) is 1.08. The molecule has 0 aromatic carbocycles. The largest absolute Gasteiger partial charge is 0.342 e. The molecule has 26 heavy (non-hydrogen) atoms. The van der Waals surface area contributed by atoms with E-state index >= 15 is 0 Å². The minimum atomic E-state index is 0.169. The fraction of sp³-hybridized carbons (Fsp3) is 0.450. The second-order valence-corrected chi connectivity index (χ2v) is 8.37. The maximum atomic E-state index is 12.8. The van der Waals surface area contributed by atoms with Gasteiger partial charge < -0.3 is 9.88 Å². The van der Waals surface area contributed by atoms with Gasteiger partial charge in [0.05, 0.1) is 11.3 Å². The van der Waals surface area contributed by atoms with E-state index in [1.54, 1.807) is 17.5 Å². The summed E-state index contributed by atoms with van der Waals surface area (Å²) in [7, 11) is 0. The zero-order chi connectivity index (χ0) is 18.3. The van der Waals surface area contributed by atoms with Crippen LogP contribution in [0.15, 0.2) is 23.7 Å². The summed E-state index contributed by atoms with van der Waals surface area (Å²) in [6.45, 7) is 7.87. The summed E-state index contributed by atoms with van der Waals surface area (Å²) in [6.07, 6.45) is 3.74. The molecule has 0 aliphatic carbocycles. The molecule has 1 aliphatic rings. The molecular weight excluding hydrogens is 344 g/mol. The van der Waals surface area contributed by atoms with E-state index in [0.717, 1.165) is 48.4 Å². The Morgan fingerprint density at radius 2 is 2.08 bits per heavy atom. The van der Waals surface area contributed by atoms with Crippen LogP contribution < -0.4 is 0 Å². The molecular formula is C20H24N4OS. The number of nitrogens with one attached hydrogen (secondary N) is 1. The number of likely N-dealkylation sites (tertiary alicyclic amines) is 1. The van der Waals surface area contributed by atoms with Crippen molar-refractivity contribution < 1.29 is 4.79 Å². The molecule has 0 unspecified atom stereocenters. The van der Waals surface area contributed by atoms with Gasteiger partial charge in [0.1, 0.15) is 5.52 Å². The molecule has 1 fully saturated rings. The van der Waals surface area contributed by atoms with E-state index in [1.807, 2.05) is 17.2 Å². The number of fused-ring (bicyclic) bond motifs is 1. The Balaban J connectivity index is 1.43. The van der Waals surface area contributed by atoms with Gasteiger partial charge in [0, 0.05) is 41.2 Å². The topological polar surface area (TPSA) is 61.9 Å². The lowest BCUT2D eigenvalue weighted by molar-refractivity contribution is 0.0712. The number of aromatic amines is 1. The highest BCUT2D eigenvalue weighted by Crippen LogP contribution is 2.30. The van der Waals surface area contributed by atoms with Gasteiger partial charge in [-0.05, 0) is 37.8 Å². The number of hydrogen-bond donors (Lipinski definition) is 1. The molecule has 5 nitrogen and oxygen atoms in total. The number of aryl methyl sites for hydroxylation is 1. The summed E-state index contributed by atoms with van der Waals surface area (Å²) in [5.41, 5.74) is 4.73. The van der Waals surface area contributed by atoms with E-state index < -0.39 is 0 Å². The third kappa shape index (κ3) is 3.26. The van der Waals surface area contributed by atoms with Gasteiger partial charge in [-0.3, -0.25) is 9.78 Å². The lowest BCUT2D eigenvalue weighted by atomic mass is 9.93. The van der Waals surface area contributed by atoms with Crippen molar-refractivity contribution >= 4 is 28.4 Å². The third-order valence-corrected chi connectivity index (χ3v) is 6.37. The fourth-order valence-electron chi connectivity index (χ4n) is 3.57.